The summed E-state index contributed by atoms with van der Waals surface area (Å²) in [6.07, 6.45) is 1.44. The Morgan fingerprint density at radius 1 is 1.15 bits per heavy atom. The summed E-state index contributed by atoms with van der Waals surface area (Å²) >= 11 is 7.29. The van der Waals surface area contributed by atoms with Crippen LogP contribution in [0.25, 0.3) is 0 Å². The summed E-state index contributed by atoms with van der Waals surface area (Å²) in [4.78, 5) is 10.5. The minimum atomic E-state index is -4.12. The molecule has 0 aliphatic rings. The van der Waals surface area contributed by atoms with Gasteiger partial charge in [-0.3, -0.25) is 15.5 Å². The first-order chi connectivity index (χ1) is 15.7. The monoisotopic (exact) mass is 540 g/mol. The third kappa shape index (κ3) is 7.27. The molecular formula is C21H16ClKN5O4S2. The topological polar surface area (TPSA) is 137 Å². The van der Waals surface area contributed by atoms with E-state index in [1.807, 2.05) is 10.8 Å². The van der Waals surface area contributed by atoms with E-state index >= 15 is 0 Å². The SMILES string of the molecule is Cc1cc(S(=O)(=O)NC#N)c(S/C(=N\Nc2ccc([N+](=O)[O-])cc2)c2ccccc2)cc1Cl.[K]. The Bertz CT molecular complexity index is 1360. The smallest absolute Gasteiger partial charge is 0.271 e. The van der Waals surface area contributed by atoms with Gasteiger partial charge in [0.15, 0.2) is 6.19 Å². The molecule has 1 radical (unpaired) electrons. The fraction of sp³-hybridized carbons (Fsp3) is 0.0476. The summed E-state index contributed by atoms with van der Waals surface area (Å²) in [7, 11) is -4.12. The summed E-state index contributed by atoms with van der Waals surface area (Å²) in [5.74, 6) is 0. The zero-order valence-corrected chi connectivity index (χ0v) is 23.5. The molecule has 3 rings (SSSR count). The molecule has 0 atom stereocenters. The number of nitro groups is 1. The molecule has 0 aliphatic heterocycles. The van der Waals surface area contributed by atoms with Crippen LogP contribution in [0.15, 0.2) is 81.6 Å². The number of anilines is 1. The van der Waals surface area contributed by atoms with Crippen molar-refractivity contribution in [2.45, 2.75) is 16.7 Å². The number of nitro benzene ring substituents is 1. The first-order valence-corrected chi connectivity index (χ1v) is 11.9. The van der Waals surface area contributed by atoms with E-state index in [0.29, 0.717) is 26.9 Å². The molecule has 0 bridgehead atoms. The van der Waals surface area contributed by atoms with E-state index in [0.717, 1.165) is 11.8 Å². The van der Waals surface area contributed by atoms with Crippen molar-refractivity contribution in [3.8, 4) is 6.19 Å². The molecule has 13 heteroatoms. The van der Waals surface area contributed by atoms with Crippen molar-refractivity contribution < 1.29 is 13.3 Å². The van der Waals surface area contributed by atoms with Gasteiger partial charge in [-0.25, -0.2) is 13.1 Å². The predicted molar refractivity (Wildman–Crippen MR) is 133 cm³/mol. The van der Waals surface area contributed by atoms with Gasteiger partial charge < -0.3 is 0 Å². The van der Waals surface area contributed by atoms with Crippen LogP contribution in [0.3, 0.4) is 0 Å². The number of non-ortho nitro benzene ring substituents is 1. The first kappa shape index (κ1) is 28.3. The summed E-state index contributed by atoms with van der Waals surface area (Å²) in [5, 5.41) is 24.8. The summed E-state index contributed by atoms with van der Waals surface area (Å²) in [6, 6.07) is 17.6. The van der Waals surface area contributed by atoms with Crippen LogP contribution in [0.4, 0.5) is 11.4 Å². The molecule has 34 heavy (non-hydrogen) atoms. The van der Waals surface area contributed by atoms with Gasteiger partial charge in [0.25, 0.3) is 15.7 Å². The van der Waals surface area contributed by atoms with E-state index in [1.54, 1.807) is 31.2 Å². The van der Waals surface area contributed by atoms with Crippen LogP contribution >= 0.6 is 23.4 Å². The zero-order chi connectivity index (χ0) is 24.0. The van der Waals surface area contributed by atoms with Gasteiger partial charge in [-0.05, 0) is 36.8 Å². The van der Waals surface area contributed by atoms with Crippen LogP contribution in [0, 0.1) is 28.5 Å². The van der Waals surface area contributed by atoms with Crippen molar-refractivity contribution >= 4 is 101 Å². The minimum absolute atomic E-state index is 0. The average Bonchev–Trinajstić information content (AvgIpc) is 2.79. The zero-order valence-electron chi connectivity index (χ0n) is 18.0. The third-order valence-corrected chi connectivity index (χ3v) is 7.18. The van der Waals surface area contributed by atoms with E-state index in [-0.39, 0.29) is 66.9 Å². The van der Waals surface area contributed by atoms with E-state index in [4.69, 9.17) is 16.9 Å². The van der Waals surface area contributed by atoms with Crippen molar-refractivity contribution in [3.05, 3.63) is 93.0 Å². The van der Waals surface area contributed by atoms with E-state index in [2.05, 4.69) is 10.5 Å². The number of rotatable bonds is 7. The van der Waals surface area contributed by atoms with Gasteiger partial charge in [-0.15, -0.1) is 0 Å². The molecule has 0 heterocycles. The number of hydrogen-bond acceptors (Lipinski definition) is 8. The van der Waals surface area contributed by atoms with E-state index < -0.39 is 14.9 Å². The van der Waals surface area contributed by atoms with Crippen LogP contribution in [0.2, 0.25) is 5.02 Å². The molecule has 0 amide bonds. The fourth-order valence-corrected chi connectivity index (χ4v) is 5.10. The second-order valence-electron chi connectivity index (χ2n) is 6.57. The number of benzene rings is 3. The number of aryl methyl sites for hydroxylation is 1. The van der Waals surface area contributed by atoms with Crippen molar-refractivity contribution in [1.29, 1.82) is 5.26 Å². The van der Waals surface area contributed by atoms with Crippen LogP contribution in [0.1, 0.15) is 11.1 Å². The molecule has 3 aromatic rings. The molecule has 0 fully saturated rings. The third-order valence-electron chi connectivity index (χ3n) is 4.29. The molecule has 0 saturated heterocycles. The van der Waals surface area contributed by atoms with Crippen molar-refractivity contribution in [2.24, 2.45) is 5.10 Å². The Balaban J connectivity index is 0.00000408. The molecule has 0 spiro atoms. The van der Waals surface area contributed by atoms with Crippen LogP contribution < -0.4 is 10.1 Å². The number of thioether (sulfide) groups is 1. The minimum Gasteiger partial charge on any atom is -0.277 e. The number of sulfonamides is 1. The Kier molecular flexibility index (Phi) is 10.5. The fourth-order valence-electron chi connectivity index (χ4n) is 2.65. The number of hydrogen-bond donors (Lipinski definition) is 2. The van der Waals surface area contributed by atoms with Gasteiger partial charge in [-0.2, -0.15) is 10.4 Å². The van der Waals surface area contributed by atoms with E-state index in [1.165, 1.54) is 42.6 Å². The maximum atomic E-state index is 12.6. The summed E-state index contributed by atoms with van der Waals surface area (Å²) in [6.45, 7) is 1.66. The van der Waals surface area contributed by atoms with Gasteiger partial charge in [0.1, 0.15) is 9.94 Å². The molecule has 0 aliphatic carbocycles. The Labute approximate surface area is 248 Å². The standard InChI is InChI=1S/C21H16ClN5O4S2.K/c1-14-11-20(33(30,31)24-13-23)19(12-18(14)22)32-21(15-5-3-2-4-6-15)26-25-16-7-9-17(10-8-16)27(28)29;/h2-12,24-25H,1H3;/b26-21-;. The Morgan fingerprint density at radius 3 is 2.38 bits per heavy atom. The van der Waals surface area contributed by atoms with Crippen molar-refractivity contribution in [1.82, 2.24) is 4.72 Å². The maximum absolute atomic E-state index is 12.6. The van der Waals surface area contributed by atoms with Gasteiger partial charge in [-0.1, -0.05) is 53.7 Å². The Morgan fingerprint density at radius 2 is 1.79 bits per heavy atom. The van der Waals surface area contributed by atoms with Crippen molar-refractivity contribution in [3.63, 3.8) is 0 Å². The van der Waals surface area contributed by atoms with Crippen LogP contribution in [-0.2, 0) is 10.0 Å². The first-order valence-electron chi connectivity index (χ1n) is 9.24. The average molecular weight is 541 g/mol. The van der Waals surface area contributed by atoms with Gasteiger partial charge >= 0.3 is 0 Å². The molecule has 3 aromatic carbocycles. The molecular weight excluding hydrogens is 525 g/mol. The summed E-state index contributed by atoms with van der Waals surface area (Å²) < 4.78 is 27.0. The van der Waals surface area contributed by atoms with Gasteiger partial charge in [0, 0.05) is 79.0 Å². The number of nitrogens with one attached hydrogen (secondary N) is 2. The van der Waals surface area contributed by atoms with E-state index in [9.17, 15) is 18.5 Å². The molecule has 0 aromatic heterocycles. The normalized spacial score (nSPS) is 11.1. The Hall–Kier alpha value is -1.95. The second kappa shape index (κ2) is 12.7. The molecule has 0 saturated carbocycles. The maximum Gasteiger partial charge on any atom is 0.271 e. The largest absolute Gasteiger partial charge is 0.277 e. The predicted octanol–water partition coefficient (Wildman–Crippen LogP) is 4.50. The van der Waals surface area contributed by atoms with Gasteiger partial charge in [0.2, 0.25) is 0 Å². The molecule has 0 unspecified atom stereocenters. The number of nitriles is 1. The number of hydrazone groups is 1. The molecule has 169 valence electrons. The van der Waals surface area contributed by atoms with Crippen LogP contribution in [0.5, 0.6) is 0 Å². The second-order valence-corrected chi connectivity index (χ2v) is 9.65. The number of nitrogens with zero attached hydrogens (tertiary/aromatic N) is 3. The van der Waals surface area contributed by atoms with Crippen LogP contribution in [-0.4, -0.2) is 69.8 Å². The molecule has 2 N–H and O–H groups in total. The van der Waals surface area contributed by atoms with Gasteiger partial charge in [0.05, 0.1) is 10.6 Å². The quantitative estimate of drug-likeness (QED) is 0.0657. The van der Waals surface area contributed by atoms with Crippen molar-refractivity contribution in [2.75, 3.05) is 5.43 Å². The molecule has 9 nitrogen and oxygen atoms in total. The number of halogens is 1. The summed E-state index contributed by atoms with van der Waals surface area (Å²) in [5.41, 5.74) is 4.48.